The van der Waals surface area contributed by atoms with Crippen molar-refractivity contribution in [2.75, 3.05) is 11.9 Å². The Bertz CT molecular complexity index is 743. The number of rotatable bonds is 5. The lowest BCUT2D eigenvalue weighted by atomic mass is 10.1. The first kappa shape index (κ1) is 16.2. The van der Waals surface area contributed by atoms with E-state index in [1.165, 1.54) is 12.1 Å². The number of ether oxygens (including phenoxy) is 1. The van der Waals surface area contributed by atoms with Crippen LogP contribution in [0.4, 0.5) is 14.5 Å². The number of carbonyl (C=O) groups is 2. The minimum atomic E-state index is -1.34. The van der Waals surface area contributed by atoms with Gasteiger partial charge in [0.05, 0.1) is 11.3 Å². The van der Waals surface area contributed by atoms with E-state index < -0.39 is 30.1 Å². The third-order valence-corrected chi connectivity index (χ3v) is 2.71. The molecule has 0 fully saturated rings. The minimum Gasteiger partial charge on any atom is -0.508 e. The van der Waals surface area contributed by atoms with Crippen molar-refractivity contribution >= 4 is 17.6 Å². The van der Waals surface area contributed by atoms with Crippen molar-refractivity contribution in [3.8, 4) is 11.5 Å². The smallest absolute Gasteiger partial charge is 0.337 e. The lowest BCUT2D eigenvalue weighted by Gasteiger charge is -2.10. The number of anilines is 1. The van der Waals surface area contributed by atoms with Gasteiger partial charge in [-0.1, -0.05) is 0 Å². The van der Waals surface area contributed by atoms with Gasteiger partial charge in [-0.3, -0.25) is 4.79 Å². The number of aromatic carboxylic acids is 1. The summed E-state index contributed by atoms with van der Waals surface area (Å²) in [4.78, 5) is 22.8. The highest BCUT2D eigenvalue weighted by Crippen LogP contribution is 2.21. The first-order valence-electron chi connectivity index (χ1n) is 6.30. The molecule has 0 aromatic heterocycles. The number of nitrogens with one attached hydrogen (secondary N) is 1. The van der Waals surface area contributed by atoms with Gasteiger partial charge in [-0.15, -0.1) is 0 Å². The summed E-state index contributed by atoms with van der Waals surface area (Å²) < 4.78 is 30.9. The molecule has 2 rings (SSSR count). The van der Waals surface area contributed by atoms with E-state index in [1.807, 2.05) is 0 Å². The van der Waals surface area contributed by atoms with E-state index in [0.717, 1.165) is 18.2 Å². The van der Waals surface area contributed by atoms with Crippen LogP contribution in [0.25, 0.3) is 0 Å². The number of carboxylic acid groups (broad SMARTS) is 1. The number of phenolic OH excluding ortho intramolecular Hbond substituents is 1. The summed E-state index contributed by atoms with van der Waals surface area (Å²) >= 11 is 0. The van der Waals surface area contributed by atoms with E-state index in [2.05, 4.69) is 5.32 Å². The van der Waals surface area contributed by atoms with E-state index in [0.29, 0.717) is 6.07 Å². The van der Waals surface area contributed by atoms with Crippen molar-refractivity contribution in [2.45, 2.75) is 0 Å². The Morgan fingerprint density at radius 3 is 2.35 bits per heavy atom. The molecule has 1 amide bonds. The fourth-order valence-corrected chi connectivity index (χ4v) is 1.77. The monoisotopic (exact) mass is 323 g/mol. The Morgan fingerprint density at radius 1 is 1.09 bits per heavy atom. The molecular weight excluding hydrogens is 312 g/mol. The van der Waals surface area contributed by atoms with Crippen LogP contribution in [-0.2, 0) is 4.79 Å². The van der Waals surface area contributed by atoms with Crippen molar-refractivity contribution in [1.82, 2.24) is 0 Å². The molecule has 0 aliphatic heterocycles. The van der Waals surface area contributed by atoms with Crippen molar-refractivity contribution in [3.63, 3.8) is 0 Å². The quantitative estimate of drug-likeness (QED) is 0.734. The number of carboxylic acids is 1. The van der Waals surface area contributed by atoms with Crippen LogP contribution in [0, 0.1) is 11.6 Å². The van der Waals surface area contributed by atoms with Crippen LogP contribution < -0.4 is 10.1 Å². The van der Waals surface area contributed by atoms with Gasteiger partial charge in [0.2, 0.25) is 0 Å². The Labute approximate surface area is 128 Å². The zero-order chi connectivity index (χ0) is 17.0. The summed E-state index contributed by atoms with van der Waals surface area (Å²) in [5.74, 6) is -4.24. The van der Waals surface area contributed by atoms with Gasteiger partial charge in [-0.25, -0.2) is 13.6 Å². The van der Waals surface area contributed by atoms with Gasteiger partial charge in [0.25, 0.3) is 5.91 Å². The molecule has 2 aromatic rings. The number of amides is 1. The predicted molar refractivity (Wildman–Crippen MR) is 75.5 cm³/mol. The van der Waals surface area contributed by atoms with E-state index in [4.69, 9.17) is 9.84 Å². The maximum Gasteiger partial charge on any atom is 0.337 e. The van der Waals surface area contributed by atoms with Gasteiger partial charge in [0.1, 0.15) is 23.1 Å². The molecule has 0 unspecified atom stereocenters. The topological polar surface area (TPSA) is 95.9 Å². The molecule has 0 radical (unpaired) electrons. The highest BCUT2D eigenvalue weighted by Gasteiger charge is 2.14. The molecule has 0 spiro atoms. The largest absolute Gasteiger partial charge is 0.508 e. The summed E-state index contributed by atoms with van der Waals surface area (Å²) in [6.07, 6.45) is 0. The Morgan fingerprint density at radius 2 is 1.74 bits per heavy atom. The van der Waals surface area contributed by atoms with Crippen LogP contribution in [0.1, 0.15) is 10.4 Å². The number of halogens is 2. The number of hydrogen-bond acceptors (Lipinski definition) is 4. The van der Waals surface area contributed by atoms with Crippen molar-refractivity contribution in [2.24, 2.45) is 0 Å². The van der Waals surface area contributed by atoms with Gasteiger partial charge in [-0.05, 0) is 18.2 Å². The number of hydrogen-bond donors (Lipinski definition) is 3. The zero-order valence-electron chi connectivity index (χ0n) is 11.5. The van der Waals surface area contributed by atoms with Crippen LogP contribution >= 0.6 is 0 Å². The predicted octanol–water partition coefficient (Wildman–Crippen LogP) is 2.39. The average molecular weight is 323 g/mol. The highest BCUT2D eigenvalue weighted by molar-refractivity contribution is 6.01. The summed E-state index contributed by atoms with van der Waals surface area (Å²) in [5.41, 5.74) is -0.357. The molecular formula is C15H11F2NO5. The van der Waals surface area contributed by atoms with Gasteiger partial charge >= 0.3 is 5.97 Å². The molecule has 0 heterocycles. The molecule has 6 nitrogen and oxygen atoms in total. The molecule has 0 saturated heterocycles. The standard InChI is InChI=1S/C15H11F2NO5/c16-8-3-9(17)5-11(4-8)23-7-14(20)18-13-2-1-10(19)6-12(13)15(21)22/h1-6,19H,7H2,(H,18,20)(H,21,22). The van der Waals surface area contributed by atoms with Crippen molar-refractivity contribution in [1.29, 1.82) is 0 Å². The van der Waals surface area contributed by atoms with Crippen molar-refractivity contribution < 1.29 is 33.3 Å². The number of aromatic hydroxyl groups is 1. The SMILES string of the molecule is O=C(COc1cc(F)cc(F)c1)Nc1ccc(O)cc1C(=O)O. The van der Waals surface area contributed by atoms with Crippen LogP contribution in [0.5, 0.6) is 11.5 Å². The Balaban J connectivity index is 2.04. The first-order chi connectivity index (χ1) is 10.8. The highest BCUT2D eigenvalue weighted by atomic mass is 19.1. The maximum absolute atomic E-state index is 13.0. The molecule has 23 heavy (non-hydrogen) atoms. The Kier molecular flexibility index (Phi) is 4.75. The number of carbonyl (C=O) groups excluding carboxylic acids is 1. The lowest BCUT2D eigenvalue weighted by Crippen LogP contribution is -2.21. The van der Waals surface area contributed by atoms with E-state index in [9.17, 15) is 23.5 Å². The molecule has 0 aliphatic rings. The second kappa shape index (κ2) is 6.73. The van der Waals surface area contributed by atoms with Crippen molar-refractivity contribution in [3.05, 3.63) is 53.6 Å². The van der Waals surface area contributed by atoms with E-state index in [1.54, 1.807) is 0 Å². The molecule has 8 heteroatoms. The molecule has 3 N–H and O–H groups in total. The van der Waals surface area contributed by atoms with E-state index in [-0.39, 0.29) is 22.7 Å². The van der Waals surface area contributed by atoms with Crippen LogP contribution in [0.2, 0.25) is 0 Å². The molecule has 120 valence electrons. The molecule has 0 aliphatic carbocycles. The average Bonchev–Trinajstić information content (AvgIpc) is 2.46. The fraction of sp³-hybridized carbons (Fsp3) is 0.0667. The first-order valence-corrected chi connectivity index (χ1v) is 6.30. The third-order valence-electron chi connectivity index (χ3n) is 2.71. The van der Waals surface area contributed by atoms with Gasteiger partial charge in [-0.2, -0.15) is 0 Å². The van der Waals surface area contributed by atoms with Gasteiger partial charge in [0.15, 0.2) is 6.61 Å². The van der Waals surface area contributed by atoms with Crippen LogP contribution in [-0.4, -0.2) is 28.7 Å². The fourth-order valence-electron chi connectivity index (χ4n) is 1.77. The molecule has 0 saturated carbocycles. The molecule has 2 aromatic carbocycles. The molecule has 0 atom stereocenters. The molecule has 0 bridgehead atoms. The second-order valence-electron chi connectivity index (χ2n) is 4.48. The normalized spacial score (nSPS) is 10.2. The third kappa shape index (κ3) is 4.40. The second-order valence-corrected chi connectivity index (χ2v) is 4.48. The number of phenols is 1. The summed E-state index contributed by atoms with van der Waals surface area (Å²) in [6, 6.07) is 5.84. The van der Waals surface area contributed by atoms with Gasteiger partial charge < -0.3 is 20.3 Å². The Hall–Kier alpha value is -3.16. The van der Waals surface area contributed by atoms with Crippen LogP contribution in [0.15, 0.2) is 36.4 Å². The summed E-state index contributed by atoms with van der Waals surface area (Å²) in [6.45, 7) is -0.581. The van der Waals surface area contributed by atoms with E-state index >= 15 is 0 Å². The lowest BCUT2D eigenvalue weighted by molar-refractivity contribution is -0.118. The summed E-state index contributed by atoms with van der Waals surface area (Å²) in [5, 5.41) is 20.5. The van der Waals surface area contributed by atoms with Gasteiger partial charge in [0, 0.05) is 18.2 Å². The van der Waals surface area contributed by atoms with Crippen LogP contribution in [0.3, 0.4) is 0 Å². The summed E-state index contributed by atoms with van der Waals surface area (Å²) in [7, 11) is 0. The minimum absolute atomic E-state index is 0.0469. The number of benzene rings is 2. The zero-order valence-corrected chi connectivity index (χ0v) is 11.5. The maximum atomic E-state index is 13.0.